The molecule has 0 atom stereocenters. The number of nitrogens with zero attached hydrogens (tertiary/aromatic N) is 1. The van der Waals surface area contributed by atoms with E-state index in [1.165, 1.54) is 19.1 Å². The molecule has 5 heteroatoms. The maximum atomic E-state index is 11.5. The molecule has 0 amide bonds. The smallest absolute Gasteiger partial charge is 0.338 e. The number of carbonyl (C=O) groups excluding carboxylic acids is 2. The number of benzene rings is 1. The highest BCUT2D eigenvalue weighted by molar-refractivity contribution is 6.01. The molecule has 0 aliphatic carbocycles. The Labute approximate surface area is 98.2 Å². The van der Waals surface area contributed by atoms with E-state index in [9.17, 15) is 14.7 Å². The van der Waals surface area contributed by atoms with Crippen LogP contribution in [0.4, 0.5) is 0 Å². The molecule has 88 valence electrons. The van der Waals surface area contributed by atoms with Crippen LogP contribution in [0.3, 0.4) is 0 Å². The van der Waals surface area contributed by atoms with Crippen molar-refractivity contribution >= 4 is 11.8 Å². The second-order valence-electron chi connectivity index (χ2n) is 3.31. The van der Waals surface area contributed by atoms with E-state index in [-0.39, 0.29) is 23.3 Å². The van der Waals surface area contributed by atoms with Crippen LogP contribution in [0, 0.1) is 11.3 Å². The van der Waals surface area contributed by atoms with E-state index >= 15 is 0 Å². The molecule has 1 N–H and O–H groups in total. The summed E-state index contributed by atoms with van der Waals surface area (Å²) in [5.74, 6) is -1.47. The summed E-state index contributed by atoms with van der Waals surface area (Å²) < 4.78 is 4.76. The number of Topliss-reactive ketones (excluding diaryl/α,β-unsaturated/α-hetero) is 1. The van der Waals surface area contributed by atoms with Crippen LogP contribution in [0.15, 0.2) is 12.1 Å². The lowest BCUT2D eigenvalue weighted by atomic mass is 10.0. The van der Waals surface area contributed by atoms with Gasteiger partial charge in [-0.25, -0.2) is 4.79 Å². The molecular weight excluding hydrogens is 222 g/mol. The lowest BCUT2D eigenvalue weighted by Gasteiger charge is -2.06. The van der Waals surface area contributed by atoms with E-state index in [2.05, 4.69) is 0 Å². The lowest BCUT2D eigenvalue weighted by molar-refractivity contribution is 0.0526. The second-order valence-corrected chi connectivity index (χ2v) is 3.31. The van der Waals surface area contributed by atoms with Gasteiger partial charge in [-0.3, -0.25) is 4.79 Å². The number of hydrogen-bond donors (Lipinski definition) is 1. The minimum Gasteiger partial charge on any atom is -0.506 e. The van der Waals surface area contributed by atoms with Crippen molar-refractivity contribution in [3.05, 3.63) is 28.8 Å². The molecule has 1 aromatic carbocycles. The largest absolute Gasteiger partial charge is 0.506 e. The van der Waals surface area contributed by atoms with E-state index in [1.54, 1.807) is 13.0 Å². The molecule has 1 rings (SSSR count). The van der Waals surface area contributed by atoms with Crippen molar-refractivity contribution in [1.29, 1.82) is 5.26 Å². The highest BCUT2D eigenvalue weighted by atomic mass is 16.5. The minimum atomic E-state index is -0.633. The molecule has 1 aromatic rings. The summed E-state index contributed by atoms with van der Waals surface area (Å²) in [6.07, 6.45) is 0. The number of phenolic OH excluding ortho intramolecular Hbond substituents is 1. The second kappa shape index (κ2) is 5.12. The number of ketones is 1. The third kappa shape index (κ3) is 2.61. The number of carbonyl (C=O) groups is 2. The molecule has 0 heterocycles. The third-order valence-electron chi connectivity index (χ3n) is 2.12. The van der Waals surface area contributed by atoms with E-state index < -0.39 is 17.5 Å². The summed E-state index contributed by atoms with van der Waals surface area (Å²) in [6, 6.07) is 4.13. The van der Waals surface area contributed by atoms with Crippen LogP contribution in [0.5, 0.6) is 5.75 Å². The topological polar surface area (TPSA) is 87.4 Å². The quantitative estimate of drug-likeness (QED) is 0.633. The number of rotatable bonds is 3. The molecule has 0 spiro atoms. The van der Waals surface area contributed by atoms with Gasteiger partial charge in [-0.05, 0) is 26.0 Å². The van der Waals surface area contributed by atoms with Gasteiger partial charge in [0.1, 0.15) is 11.8 Å². The van der Waals surface area contributed by atoms with Gasteiger partial charge in [0.2, 0.25) is 0 Å². The number of phenols is 1. The van der Waals surface area contributed by atoms with Gasteiger partial charge in [0.15, 0.2) is 5.78 Å². The Morgan fingerprint density at radius 3 is 2.59 bits per heavy atom. The van der Waals surface area contributed by atoms with Gasteiger partial charge in [0, 0.05) is 0 Å². The molecule has 0 bridgehead atoms. The SMILES string of the molecule is CCOC(=O)c1cc(C#N)c(O)c(C(C)=O)c1. The zero-order valence-electron chi connectivity index (χ0n) is 9.48. The molecule has 0 saturated carbocycles. The summed E-state index contributed by atoms with van der Waals surface area (Å²) in [5.41, 5.74) is -0.112. The van der Waals surface area contributed by atoms with Gasteiger partial charge in [-0.2, -0.15) is 5.26 Å². The Morgan fingerprint density at radius 2 is 2.12 bits per heavy atom. The molecule has 0 fully saturated rings. The van der Waals surface area contributed by atoms with Crippen molar-refractivity contribution in [2.24, 2.45) is 0 Å². The maximum Gasteiger partial charge on any atom is 0.338 e. The van der Waals surface area contributed by atoms with Gasteiger partial charge in [-0.1, -0.05) is 0 Å². The molecule has 0 radical (unpaired) electrons. The number of aromatic hydroxyl groups is 1. The van der Waals surface area contributed by atoms with Crippen molar-refractivity contribution in [3.63, 3.8) is 0 Å². The van der Waals surface area contributed by atoms with Crippen molar-refractivity contribution < 1.29 is 19.4 Å². The van der Waals surface area contributed by atoms with Gasteiger partial charge in [0.05, 0.1) is 23.3 Å². The highest BCUT2D eigenvalue weighted by Gasteiger charge is 2.17. The van der Waals surface area contributed by atoms with Gasteiger partial charge >= 0.3 is 5.97 Å². The van der Waals surface area contributed by atoms with Crippen LogP contribution in [-0.2, 0) is 4.74 Å². The summed E-state index contributed by atoms with van der Waals surface area (Å²) in [4.78, 5) is 22.7. The van der Waals surface area contributed by atoms with Crippen molar-refractivity contribution in [1.82, 2.24) is 0 Å². The van der Waals surface area contributed by atoms with Gasteiger partial charge < -0.3 is 9.84 Å². The summed E-state index contributed by atoms with van der Waals surface area (Å²) in [7, 11) is 0. The van der Waals surface area contributed by atoms with Crippen LogP contribution < -0.4 is 0 Å². The first kappa shape index (κ1) is 12.7. The molecule has 0 unspecified atom stereocenters. The highest BCUT2D eigenvalue weighted by Crippen LogP contribution is 2.25. The maximum absolute atomic E-state index is 11.5. The Hall–Kier alpha value is -2.35. The number of ether oxygens (including phenoxy) is 1. The number of hydrogen-bond acceptors (Lipinski definition) is 5. The van der Waals surface area contributed by atoms with E-state index in [0.717, 1.165) is 0 Å². The predicted octanol–water partition coefficient (Wildman–Crippen LogP) is 1.64. The molecule has 5 nitrogen and oxygen atoms in total. The fourth-order valence-corrected chi connectivity index (χ4v) is 1.32. The van der Waals surface area contributed by atoms with Crippen molar-refractivity contribution in [3.8, 4) is 11.8 Å². The first-order valence-corrected chi connectivity index (χ1v) is 4.96. The van der Waals surface area contributed by atoms with Crippen molar-refractivity contribution in [2.75, 3.05) is 6.61 Å². The zero-order valence-corrected chi connectivity index (χ0v) is 9.48. The van der Waals surface area contributed by atoms with Crippen LogP contribution in [-0.4, -0.2) is 23.5 Å². The average Bonchev–Trinajstić information content (AvgIpc) is 2.29. The first-order valence-electron chi connectivity index (χ1n) is 4.96. The fraction of sp³-hybridized carbons (Fsp3) is 0.250. The zero-order chi connectivity index (χ0) is 13.0. The summed E-state index contributed by atoms with van der Waals surface area (Å²) >= 11 is 0. The van der Waals surface area contributed by atoms with Crippen molar-refractivity contribution in [2.45, 2.75) is 13.8 Å². The summed E-state index contributed by atoms with van der Waals surface area (Å²) in [5, 5.41) is 18.4. The van der Waals surface area contributed by atoms with Crippen LogP contribution in [0.25, 0.3) is 0 Å². The Balaban J connectivity index is 3.36. The van der Waals surface area contributed by atoms with Crippen LogP contribution in [0.2, 0.25) is 0 Å². The predicted molar refractivity (Wildman–Crippen MR) is 58.8 cm³/mol. The standard InChI is InChI=1S/C12H11NO4/c1-3-17-12(16)8-4-9(6-13)11(15)10(5-8)7(2)14/h4-5,15H,3H2,1-2H3. The summed E-state index contributed by atoms with van der Waals surface area (Å²) in [6.45, 7) is 3.08. The molecule has 0 aliphatic heterocycles. The van der Waals surface area contributed by atoms with E-state index in [1.807, 2.05) is 0 Å². The Morgan fingerprint density at radius 1 is 1.47 bits per heavy atom. The molecule has 0 aromatic heterocycles. The number of nitriles is 1. The molecule has 17 heavy (non-hydrogen) atoms. The van der Waals surface area contributed by atoms with Gasteiger partial charge in [0.25, 0.3) is 0 Å². The molecule has 0 saturated heterocycles. The third-order valence-corrected chi connectivity index (χ3v) is 2.12. The van der Waals surface area contributed by atoms with Crippen LogP contribution in [0.1, 0.15) is 40.1 Å². The number of esters is 1. The molecule has 0 aliphatic rings. The monoisotopic (exact) mass is 233 g/mol. The fourth-order valence-electron chi connectivity index (χ4n) is 1.32. The molecular formula is C12H11NO4. The van der Waals surface area contributed by atoms with Crippen LogP contribution >= 0.6 is 0 Å². The van der Waals surface area contributed by atoms with E-state index in [4.69, 9.17) is 10.00 Å². The Kier molecular flexibility index (Phi) is 3.83. The average molecular weight is 233 g/mol. The normalized spacial score (nSPS) is 9.47. The lowest BCUT2D eigenvalue weighted by Crippen LogP contribution is -2.07. The first-order chi connectivity index (χ1) is 8.01. The Bertz CT molecular complexity index is 514. The minimum absolute atomic E-state index is 0.0629. The van der Waals surface area contributed by atoms with Gasteiger partial charge in [-0.15, -0.1) is 0 Å². The van der Waals surface area contributed by atoms with E-state index in [0.29, 0.717) is 0 Å².